The number of aromatic hydroxyl groups is 1. The lowest BCUT2D eigenvalue weighted by Gasteiger charge is -2.10. The molecule has 14 heavy (non-hydrogen) atoms. The minimum absolute atomic E-state index is 0.129. The van der Waals surface area contributed by atoms with Crippen LogP contribution in [-0.4, -0.2) is 18.8 Å². The average molecular weight is 196 g/mol. The van der Waals surface area contributed by atoms with E-state index in [1.54, 1.807) is 18.2 Å². The van der Waals surface area contributed by atoms with Gasteiger partial charge in [0.1, 0.15) is 5.75 Å². The molecule has 1 N–H and O–H groups in total. The summed E-state index contributed by atoms with van der Waals surface area (Å²) in [5, 5.41) is 9.33. The van der Waals surface area contributed by atoms with Crippen LogP contribution in [0.4, 0.5) is 0 Å². The van der Waals surface area contributed by atoms with Gasteiger partial charge in [-0.2, -0.15) is 0 Å². The molecule has 0 heterocycles. The fourth-order valence-corrected chi connectivity index (χ4v) is 1.01. The van der Waals surface area contributed by atoms with Crippen LogP contribution < -0.4 is 9.47 Å². The summed E-state index contributed by atoms with van der Waals surface area (Å²) in [6.45, 7) is 4.82. The van der Waals surface area contributed by atoms with Crippen molar-refractivity contribution in [3.63, 3.8) is 0 Å². The van der Waals surface area contributed by atoms with Crippen molar-refractivity contribution in [2.45, 2.75) is 13.8 Å². The second-order valence-corrected chi connectivity index (χ2v) is 3.54. The summed E-state index contributed by atoms with van der Waals surface area (Å²) in [7, 11) is 1.52. The number of hydrogen-bond acceptors (Lipinski definition) is 3. The molecule has 0 amide bonds. The molecule has 1 aromatic carbocycles. The van der Waals surface area contributed by atoms with Crippen LogP contribution in [0.5, 0.6) is 17.2 Å². The van der Waals surface area contributed by atoms with Crippen LogP contribution in [0.15, 0.2) is 18.2 Å². The van der Waals surface area contributed by atoms with Crippen LogP contribution in [-0.2, 0) is 0 Å². The first-order chi connectivity index (χ1) is 6.63. The van der Waals surface area contributed by atoms with Crippen molar-refractivity contribution in [3.8, 4) is 17.2 Å². The lowest BCUT2D eigenvalue weighted by atomic mass is 10.2. The highest BCUT2D eigenvalue weighted by molar-refractivity contribution is 5.44. The molecule has 78 valence electrons. The van der Waals surface area contributed by atoms with Gasteiger partial charge in [-0.05, 0) is 18.1 Å². The summed E-state index contributed by atoms with van der Waals surface area (Å²) < 4.78 is 10.4. The van der Waals surface area contributed by atoms with E-state index in [4.69, 9.17) is 9.47 Å². The van der Waals surface area contributed by atoms with Gasteiger partial charge in [-0.15, -0.1) is 0 Å². The van der Waals surface area contributed by atoms with E-state index >= 15 is 0 Å². The summed E-state index contributed by atoms with van der Waals surface area (Å²) in [5.74, 6) is 1.76. The van der Waals surface area contributed by atoms with E-state index in [0.717, 1.165) is 0 Å². The fourth-order valence-electron chi connectivity index (χ4n) is 1.01. The highest BCUT2D eigenvalue weighted by atomic mass is 16.5. The molecular weight excluding hydrogens is 180 g/mol. The standard InChI is InChI=1S/C11H16O3/c1-8(2)7-14-9-4-5-10(12)11(6-9)13-3/h4-6,8,12H,7H2,1-3H3. The Labute approximate surface area is 84.3 Å². The molecule has 0 spiro atoms. The van der Waals surface area contributed by atoms with Gasteiger partial charge in [-0.25, -0.2) is 0 Å². The van der Waals surface area contributed by atoms with Gasteiger partial charge < -0.3 is 14.6 Å². The van der Waals surface area contributed by atoms with E-state index in [1.807, 2.05) is 0 Å². The smallest absolute Gasteiger partial charge is 0.164 e. The average Bonchev–Trinajstić information content (AvgIpc) is 2.16. The van der Waals surface area contributed by atoms with Crippen molar-refractivity contribution in [3.05, 3.63) is 18.2 Å². The lowest BCUT2D eigenvalue weighted by Crippen LogP contribution is -2.04. The molecule has 3 heteroatoms. The van der Waals surface area contributed by atoms with Crippen molar-refractivity contribution >= 4 is 0 Å². The molecule has 0 atom stereocenters. The summed E-state index contributed by atoms with van der Waals surface area (Å²) in [4.78, 5) is 0. The second-order valence-electron chi connectivity index (χ2n) is 3.54. The minimum atomic E-state index is 0.129. The Kier molecular flexibility index (Phi) is 3.63. The zero-order chi connectivity index (χ0) is 10.6. The van der Waals surface area contributed by atoms with Crippen LogP contribution in [0.1, 0.15) is 13.8 Å². The first-order valence-electron chi connectivity index (χ1n) is 4.63. The van der Waals surface area contributed by atoms with Crippen molar-refractivity contribution in [2.24, 2.45) is 5.92 Å². The molecule has 0 radical (unpaired) electrons. The van der Waals surface area contributed by atoms with Crippen molar-refractivity contribution in [1.82, 2.24) is 0 Å². The first kappa shape index (κ1) is 10.7. The molecule has 0 fully saturated rings. The fraction of sp³-hybridized carbons (Fsp3) is 0.455. The van der Waals surface area contributed by atoms with Crippen LogP contribution >= 0.6 is 0 Å². The van der Waals surface area contributed by atoms with E-state index in [1.165, 1.54) is 7.11 Å². The minimum Gasteiger partial charge on any atom is -0.504 e. The zero-order valence-electron chi connectivity index (χ0n) is 8.78. The second kappa shape index (κ2) is 4.74. The number of phenolic OH excluding ortho intramolecular Hbond substituents is 1. The zero-order valence-corrected chi connectivity index (χ0v) is 8.78. The monoisotopic (exact) mass is 196 g/mol. The van der Waals surface area contributed by atoms with Gasteiger partial charge in [-0.3, -0.25) is 0 Å². The van der Waals surface area contributed by atoms with Gasteiger partial charge >= 0.3 is 0 Å². The Morgan fingerprint density at radius 2 is 2.07 bits per heavy atom. The van der Waals surface area contributed by atoms with Crippen molar-refractivity contribution in [1.29, 1.82) is 0 Å². The highest BCUT2D eigenvalue weighted by Gasteiger charge is 2.03. The predicted octanol–water partition coefficient (Wildman–Crippen LogP) is 2.44. The third-order valence-corrected chi connectivity index (χ3v) is 1.73. The molecular formula is C11H16O3. The molecule has 3 nitrogen and oxygen atoms in total. The molecule has 0 unspecified atom stereocenters. The molecule has 0 saturated carbocycles. The molecule has 0 aliphatic heterocycles. The van der Waals surface area contributed by atoms with Crippen LogP contribution in [0.3, 0.4) is 0 Å². The third kappa shape index (κ3) is 2.83. The third-order valence-electron chi connectivity index (χ3n) is 1.73. The predicted molar refractivity (Wildman–Crippen MR) is 55.0 cm³/mol. The van der Waals surface area contributed by atoms with Crippen LogP contribution in [0.25, 0.3) is 0 Å². The van der Waals surface area contributed by atoms with Gasteiger partial charge in [0, 0.05) is 6.07 Å². The molecule has 1 aromatic rings. The Morgan fingerprint density at radius 1 is 1.36 bits per heavy atom. The first-order valence-corrected chi connectivity index (χ1v) is 4.63. The molecule has 0 saturated heterocycles. The Balaban J connectivity index is 2.69. The van der Waals surface area contributed by atoms with E-state index in [-0.39, 0.29) is 5.75 Å². The van der Waals surface area contributed by atoms with Crippen molar-refractivity contribution in [2.75, 3.05) is 13.7 Å². The number of methoxy groups -OCH3 is 1. The lowest BCUT2D eigenvalue weighted by molar-refractivity contribution is 0.268. The molecule has 0 aliphatic rings. The Bertz CT molecular complexity index is 295. The largest absolute Gasteiger partial charge is 0.504 e. The van der Waals surface area contributed by atoms with Gasteiger partial charge in [0.05, 0.1) is 13.7 Å². The van der Waals surface area contributed by atoms with Crippen LogP contribution in [0.2, 0.25) is 0 Å². The summed E-state index contributed by atoms with van der Waals surface area (Å²) in [6.07, 6.45) is 0. The topological polar surface area (TPSA) is 38.7 Å². The van der Waals surface area contributed by atoms with Gasteiger partial charge in [0.15, 0.2) is 11.5 Å². The summed E-state index contributed by atoms with van der Waals surface area (Å²) >= 11 is 0. The Morgan fingerprint density at radius 3 is 2.64 bits per heavy atom. The maximum absolute atomic E-state index is 9.33. The van der Waals surface area contributed by atoms with E-state index in [2.05, 4.69) is 13.8 Å². The number of hydrogen-bond donors (Lipinski definition) is 1. The molecule has 1 rings (SSSR count). The van der Waals surface area contributed by atoms with Gasteiger partial charge in [0.25, 0.3) is 0 Å². The van der Waals surface area contributed by atoms with Gasteiger partial charge in [-0.1, -0.05) is 13.8 Å². The Hall–Kier alpha value is -1.38. The van der Waals surface area contributed by atoms with E-state index in [9.17, 15) is 5.11 Å². The summed E-state index contributed by atoms with van der Waals surface area (Å²) in [6, 6.07) is 4.96. The number of rotatable bonds is 4. The maximum atomic E-state index is 9.33. The highest BCUT2D eigenvalue weighted by Crippen LogP contribution is 2.29. The normalized spacial score (nSPS) is 10.3. The molecule has 0 aromatic heterocycles. The quantitative estimate of drug-likeness (QED) is 0.803. The molecule has 0 aliphatic carbocycles. The van der Waals surface area contributed by atoms with Gasteiger partial charge in [0.2, 0.25) is 0 Å². The van der Waals surface area contributed by atoms with Crippen LogP contribution in [0, 0.1) is 5.92 Å². The van der Waals surface area contributed by atoms with E-state index in [0.29, 0.717) is 24.0 Å². The number of phenols is 1. The molecule has 0 bridgehead atoms. The number of benzene rings is 1. The SMILES string of the molecule is COc1cc(OCC(C)C)ccc1O. The van der Waals surface area contributed by atoms with Crippen molar-refractivity contribution < 1.29 is 14.6 Å². The number of ether oxygens (including phenoxy) is 2. The summed E-state index contributed by atoms with van der Waals surface area (Å²) in [5.41, 5.74) is 0. The van der Waals surface area contributed by atoms with E-state index < -0.39 is 0 Å². The maximum Gasteiger partial charge on any atom is 0.164 e.